The first kappa shape index (κ1) is 20.1. The van der Waals surface area contributed by atoms with Crippen LogP contribution in [0.1, 0.15) is 26.3 Å². The van der Waals surface area contributed by atoms with Gasteiger partial charge in [0.15, 0.2) is 0 Å². The highest BCUT2D eigenvalue weighted by molar-refractivity contribution is 7.92. The third-order valence-corrected chi connectivity index (χ3v) is 5.61. The van der Waals surface area contributed by atoms with Crippen LogP contribution >= 0.6 is 0 Å². The number of benzene rings is 3. The molecule has 8 heteroatoms. The number of aryl methyl sites for hydroxylation is 1. The van der Waals surface area contributed by atoms with Crippen molar-refractivity contribution in [1.29, 1.82) is 0 Å². The second-order valence-corrected chi connectivity index (χ2v) is 8.03. The van der Waals surface area contributed by atoms with Crippen LogP contribution in [0.2, 0.25) is 0 Å². The first-order valence-corrected chi connectivity index (χ1v) is 10.1. The average molecular weight is 409 g/mol. The lowest BCUT2D eigenvalue weighted by Crippen LogP contribution is -2.16. The van der Waals surface area contributed by atoms with Gasteiger partial charge in [-0.1, -0.05) is 24.3 Å². The summed E-state index contributed by atoms with van der Waals surface area (Å²) in [5.74, 6) is -0.978. The van der Waals surface area contributed by atoms with Crippen molar-refractivity contribution in [1.82, 2.24) is 0 Å². The fraction of sp³-hybridized carbons (Fsp3) is 0.0476. The second kappa shape index (κ2) is 8.15. The van der Waals surface area contributed by atoms with Gasteiger partial charge in [-0.05, 0) is 61.0 Å². The van der Waals surface area contributed by atoms with Crippen molar-refractivity contribution in [2.24, 2.45) is 5.73 Å². The summed E-state index contributed by atoms with van der Waals surface area (Å²) in [6, 6.07) is 18.8. The zero-order valence-corrected chi connectivity index (χ0v) is 16.4. The number of primary amides is 1. The molecular weight excluding hydrogens is 390 g/mol. The summed E-state index contributed by atoms with van der Waals surface area (Å²) < 4.78 is 27.6. The molecule has 0 unspecified atom stereocenters. The number of nitrogens with two attached hydrogens (primary N) is 1. The van der Waals surface area contributed by atoms with Gasteiger partial charge in [0.25, 0.3) is 15.9 Å². The lowest BCUT2D eigenvalue weighted by atomic mass is 10.1. The third-order valence-electron chi connectivity index (χ3n) is 4.22. The Kier molecular flexibility index (Phi) is 5.65. The predicted octanol–water partition coefficient (Wildman–Crippen LogP) is 3.15. The van der Waals surface area contributed by atoms with E-state index in [9.17, 15) is 18.0 Å². The van der Waals surface area contributed by atoms with E-state index >= 15 is 0 Å². The molecule has 0 atom stereocenters. The summed E-state index contributed by atoms with van der Waals surface area (Å²) in [6.45, 7) is 1.74. The molecule has 29 heavy (non-hydrogen) atoms. The minimum absolute atomic E-state index is 0.129. The lowest BCUT2D eigenvalue weighted by molar-refractivity contribution is 0.0998. The van der Waals surface area contributed by atoms with E-state index in [-0.39, 0.29) is 10.5 Å². The Bertz CT molecular complexity index is 1160. The quantitative estimate of drug-likeness (QED) is 0.579. The lowest BCUT2D eigenvalue weighted by Gasteiger charge is -2.12. The van der Waals surface area contributed by atoms with Crippen molar-refractivity contribution >= 4 is 33.2 Å². The summed E-state index contributed by atoms with van der Waals surface area (Å²) in [5, 5.41) is 2.70. The highest BCUT2D eigenvalue weighted by Gasteiger charge is 2.16. The van der Waals surface area contributed by atoms with Crippen LogP contribution in [-0.4, -0.2) is 20.2 Å². The largest absolute Gasteiger partial charge is 0.366 e. The van der Waals surface area contributed by atoms with Crippen molar-refractivity contribution in [3.63, 3.8) is 0 Å². The van der Waals surface area contributed by atoms with Gasteiger partial charge >= 0.3 is 0 Å². The molecule has 3 aromatic carbocycles. The van der Waals surface area contributed by atoms with Crippen LogP contribution in [0.25, 0.3) is 0 Å². The fourth-order valence-electron chi connectivity index (χ4n) is 2.60. The molecular formula is C21H19N3O4S. The Morgan fingerprint density at radius 1 is 0.862 bits per heavy atom. The molecule has 0 radical (unpaired) electrons. The van der Waals surface area contributed by atoms with Crippen molar-refractivity contribution in [3.8, 4) is 0 Å². The van der Waals surface area contributed by atoms with Crippen molar-refractivity contribution in [2.45, 2.75) is 11.8 Å². The number of sulfonamides is 1. The van der Waals surface area contributed by atoms with Crippen molar-refractivity contribution in [2.75, 3.05) is 10.0 Å². The van der Waals surface area contributed by atoms with Gasteiger partial charge in [-0.3, -0.25) is 14.3 Å². The minimum Gasteiger partial charge on any atom is -0.366 e. The molecule has 0 fully saturated rings. The molecule has 0 aliphatic rings. The number of amides is 2. The van der Waals surface area contributed by atoms with Crippen LogP contribution < -0.4 is 15.8 Å². The van der Waals surface area contributed by atoms with E-state index in [2.05, 4.69) is 10.0 Å². The van der Waals surface area contributed by atoms with E-state index in [0.29, 0.717) is 22.5 Å². The van der Waals surface area contributed by atoms with Crippen LogP contribution in [0.4, 0.5) is 11.4 Å². The summed E-state index contributed by atoms with van der Waals surface area (Å²) in [5.41, 5.74) is 7.27. The van der Waals surface area contributed by atoms with E-state index < -0.39 is 21.8 Å². The SMILES string of the molecule is Cc1ccc(C(=O)Nc2ccc(C(N)=O)cc2)cc1NS(=O)(=O)c1ccccc1. The topological polar surface area (TPSA) is 118 Å². The molecule has 7 nitrogen and oxygen atoms in total. The van der Waals surface area contributed by atoms with Gasteiger partial charge in [0.2, 0.25) is 5.91 Å². The molecule has 3 rings (SSSR count). The number of carbonyl (C=O) groups excluding carboxylic acids is 2. The van der Waals surface area contributed by atoms with Gasteiger partial charge in [-0.25, -0.2) is 8.42 Å². The maximum Gasteiger partial charge on any atom is 0.261 e. The highest BCUT2D eigenvalue weighted by atomic mass is 32.2. The molecule has 3 aromatic rings. The first-order valence-electron chi connectivity index (χ1n) is 8.66. The molecule has 0 saturated carbocycles. The summed E-state index contributed by atoms with van der Waals surface area (Å²) >= 11 is 0. The number of anilines is 2. The molecule has 2 amide bonds. The zero-order valence-electron chi connectivity index (χ0n) is 15.5. The fourth-order valence-corrected chi connectivity index (χ4v) is 3.74. The van der Waals surface area contributed by atoms with Crippen LogP contribution in [0, 0.1) is 6.92 Å². The van der Waals surface area contributed by atoms with Gasteiger partial charge in [-0.15, -0.1) is 0 Å². The minimum atomic E-state index is -3.78. The Hall–Kier alpha value is -3.65. The number of nitrogens with one attached hydrogen (secondary N) is 2. The normalized spacial score (nSPS) is 10.9. The predicted molar refractivity (Wildman–Crippen MR) is 111 cm³/mol. The van der Waals surface area contributed by atoms with Crippen LogP contribution in [0.15, 0.2) is 77.7 Å². The summed E-state index contributed by atoms with van der Waals surface area (Å²) in [6.07, 6.45) is 0. The monoisotopic (exact) mass is 409 g/mol. The van der Waals surface area contributed by atoms with Crippen molar-refractivity contribution in [3.05, 3.63) is 89.5 Å². The van der Waals surface area contributed by atoms with E-state index in [0.717, 1.165) is 0 Å². The number of rotatable bonds is 6. The molecule has 4 N–H and O–H groups in total. The Morgan fingerprint density at radius 2 is 1.48 bits per heavy atom. The average Bonchev–Trinajstić information content (AvgIpc) is 2.70. The standard InChI is InChI=1S/C21H19N3O4S/c1-14-7-8-16(21(26)23-17-11-9-15(10-12-17)20(22)25)13-19(14)24-29(27,28)18-5-3-2-4-6-18/h2-13,24H,1H3,(H2,22,25)(H,23,26). The van der Waals surface area contributed by atoms with Gasteiger partial charge < -0.3 is 11.1 Å². The van der Waals surface area contributed by atoms with E-state index in [1.165, 1.54) is 30.3 Å². The number of hydrogen-bond acceptors (Lipinski definition) is 4. The number of carbonyl (C=O) groups is 2. The summed E-state index contributed by atoms with van der Waals surface area (Å²) in [4.78, 5) is 23.8. The van der Waals surface area contributed by atoms with Crippen LogP contribution in [-0.2, 0) is 10.0 Å². The maximum atomic E-state index is 12.6. The van der Waals surface area contributed by atoms with Gasteiger partial charge in [0.1, 0.15) is 0 Å². The Labute approximate surface area is 168 Å². The highest BCUT2D eigenvalue weighted by Crippen LogP contribution is 2.22. The van der Waals surface area contributed by atoms with E-state index in [1.54, 1.807) is 49.4 Å². The van der Waals surface area contributed by atoms with Crippen LogP contribution in [0.5, 0.6) is 0 Å². The molecule has 0 bridgehead atoms. The zero-order chi connectivity index (χ0) is 21.0. The smallest absolute Gasteiger partial charge is 0.261 e. The van der Waals surface area contributed by atoms with Crippen molar-refractivity contribution < 1.29 is 18.0 Å². The van der Waals surface area contributed by atoms with Gasteiger partial charge in [0, 0.05) is 16.8 Å². The molecule has 0 heterocycles. The third kappa shape index (κ3) is 4.80. The first-order chi connectivity index (χ1) is 13.8. The Balaban J connectivity index is 1.81. The van der Waals surface area contributed by atoms with Gasteiger partial charge in [-0.2, -0.15) is 0 Å². The molecule has 148 valence electrons. The maximum absolute atomic E-state index is 12.6. The second-order valence-electron chi connectivity index (χ2n) is 6.34. The van der Waals surface area contributed by atoms with E-state index in [1.807, 2.05) is 0 Å². The Morgan fingerprint density at radius 3 is 2.10 bits per heavy atom. The van der Waals surface area contributed by atoms with Gasteiger partial charge in [0.05, 0.1) is 10.6 Å². The molecule has 0 aromatic heterocycles. The number of hydrogen-bond donors (Lipinski definition) is 3. The van der Waals surface area contributed by atoms with Crippen LogP contribution in [0.3, 0.4) is 0 Å². The van der Waals surface area contributed by atoms with E-state index in [4.69, 9.17) is 5.73 Å². The summed E-state index contributed by atoms with van der Waals surface area (Å²) in [7, 11) is -3.78. The molecule has 0 aliphatic carbocycles. The molecule has 0 saturated heterocycles. The molecule has 0 spiro atoms. The molecule has 0 aliphatic heterocycles.